The molecule has 0 fully saturated rings. The van der Waals surface area contributed by atoms with E-state index in [1.165, 1.54) is 0 Å². The number of non-ortho nitro benzene ring substituents is 1. The minimum atomic E-state index is -0.814. The smallest absolute Gasteiger partial charge is 0.289 e. The lowest BCUT2D eigenvalue weighted by atomic mass is 10.1. The zero-order valence-corrected chi connectivity index (χ0v) is 12.4. The third kappa shape index (κ3) is 3.49. The molecule has 2 aromatic carbocycles. The molecular formula is C15H13N3O5. The van der Waals surface area contributed by atoms with Gasteiger partial charge in [-0.15, -0.1) is 0 Å². The number of rotatable bonds is 4. The second-order valence-corrected chi connectivity index (χ2v) is 4.99. The summed E-state index contributed by atoms with van der Waals surface area (Å²) >= 11 is 0. The van der Waals surface area contributed by atoms with Gasteiger partial charge in [0.05, 0.1) is 15.9 Å². The van der Waals surface area contributed by atoms with Crippen molar-refractivity contribution in [3.8, 4) is 0 Å². The van der Waals surface area contributed by atoms with E-state index >= 15 is 0 Å². The molecule has 23 heavy (non-hydrogen) atoms. The Labute approximate surface area is 131 Å². The van der Waals surface area contributed by atoms with E-state index in [-0.39, 0.29) is 5.56 Å². The van der Waals surface area contributed by atoms with Gasteiger partial charge in [-0.2, -0.15) is 0 Å². The van der Waals surface area contributed by atoms with Gasteiger partial charge >= 0.3 is 0 Å². The van der Waals surface area contributed by atoms with Gasteiger partial charge in [0.15, 0.2) is 0 Å². The first-order chi connectivity index (χ1) is 10.8. The fourth-order valence-corrected chi connectivity index (χ4v) is 2.04. The second kappa shape index (κ2) is 6.22. The van der Waals surface area contributed by atoms with Crippen LogP contribution in [0.5, 0.6) is 0 Å². The number of amides is 1. The number of nitro benzene ring substituents is 2. The molecule has 0 aliphatic rings. The number of carbonyl (C=O) groups excluding carboxylic acids is 1. The van der Waals surface area contributed by atoms with Crippen LogP contribution in [0.1, 0.15) is 21.5 Å². The number of nitrogens with one attached hydrogen (secondary N) is 1. The molecular weight excluding hydrogens is 302 g/mol. The number of hydrogen-bond acceptors (Lipinski definition) is 5. The summed E-state index contributed by atoms with van der Waals surface area (Å²) in [7, 11) is 0. The minimum absolute atomic E-state index is 0.235. The average Bonchev–Trinajstić information content (AvgIpc) is 2.50. The second-order valence-electron chi connectivity index (χ2n) is 4.99. The van der Waals surface area contributed by atoms with Crippen molar-refractivity contribution in [3.63, 3.8) is 0 Å². The van der Waals surface area contributed by atoms with E-state index < -0.39 is 27.1 Å². The lowest BCUT2D eigenvalue weighted by Crippen LogP contribution is -2.15. The van der Waals surface area contributed by atoms with Crippen molar-refractivity contribution in [2.75, 3.05) is 5.32 Å². The normalized spacial score (nSPS) is 10.2. The summed E-state index contributed by atoms with van der Waals surface area (Å²) in [5.41, 5.74) is 0.962. The number of anilines is 1. The summed E-state index contributed by atoms with van der Waals surface area (Å²) in [5, 5.41) is 24.4. The molecule has 0 aromatic heterocycles. The third-order valence-corrected chi connectivity index (χ3v) is 3.27. The topological polar surface area (TPSA) is 115 Å². The molecule has 0 heterocycles. The molecule has 0 spiro atoms. The Kier molecular flexibility index (Phi) is 4.35. The Morgan fingerprint density at radius 1 is 1.00 bits per heavy atom. The van der Waals surface area contributed by atoms with E-state index in [9.17, 15) is 25.0 Å². The summed E-state index contributed by atoms with van der Waals surface area (Å²) in [4.78, 5) is 32.5. The highest BCUT2D eigenvalue weighted by molar-refractivity contribution is 6.07. The van der Waals surface area contributed by atoms with Crippen molar-refractivity contribution in [2.24, 2.45) is 0 Å². The molecule has 0 aliphatic heterocycles. The molecule has 0 bridgehead atoms. The number of hydrogen-bond donors (Lipinski definition) is 1. The Morgan fingerprint density at radius 2 is 1.70 bits per heavy atom. The van der Waals surface area contributed by atoms with Gasteiger partial charge in [-0.3, -0.25) is 25.0 Å². The van der Waals surface area contributed by atoms with Crippen LogP contribution < -0.4 is 5.32 Å². The molecule has 2 aromatic rings. The molecule has 0 aliphatic carbocycles. The van der Waals surface area contributed by atoms with Crippen LogP contribution in [0.4, 0.5) is 17.1 Å². The summed E-state index contributed by atoms with van der Waals surface area (Å²) in [5.74, 6) is -0.694. The predicted molar refractivity (Wildman–Crippen MR) is 83.6 cm³/mol. The quantitative estimate of drug-likeness (QED) is 0.686. The number of carbonyl (C=O) groups is 1. The Hall–Kier alpha value is -3.29. The van der Waals surface area contributed by atoms with Crippen LogP contribution in [0, 0.1) is 34.1 Å². The highest BCUT2D eigenvalue weighted by atomic mass is 16.6. The maximum Gasteiger partial charge on any atom is 0.289 e. The highest BCUT2D eigenvalue weighted by Gasteiger charge is 2.24. The lowest BCUT2D eigenvalue weighted by Gasteiger charge is -2.09. The molecule has 0 atom stereocenters. The van der Waals surface area contributed by atoms with Crippen molar-refractivity contribution in [3.05, 3.63) is 73.3 Å². The van der Waals surface area contributed by atoms with Gasteiger partial charge in [0.2, 0.25) is 0 Å². The summed E-state index contributed by atoms with van der Waals surface area (Å²) in [6, 6.07) is 8.35. The standard InChI is InChI=1S/C15H13N3O5/c1-9-3-4-10(2)13(7-9)16-15(19)12-6-5-11(17(20)21)8-14(12)18(22)23/h3-8H,1-2H3,(H,16,19). The number of nitro groups is 2. The molecule has 2 rings (SSSR count). The average molecular weight is 315 g/mol. The van der Waals surface area contributed by atoms with Gasteiger partial charge in [-0.1, -0.05) is 12.1 Å². The fourth-order valence-electron chi connectivity index (χ4n) is 2.04. The molecule has 8 heteroatoms. The van der Waals surface area contributed by atoms with E-state index in [1.54, 1.807) is 13.0 Å². The van der Waals surface area contributed by atoms with E-state index in [1.807, 2.05) is 19.1 Å². The van der Waals surface area contributed by atoms with Gasteiger partial charge < -0.3 is 5.32 Å². The van der Waals surface area contributed by atoms with E-state index in [0.717, 1.165) is 29.3 Å². The minimum Gasteiger partial charge on any atom is -0.322 e. The third-order valence-electron chi connectivity index (χ3n) is 3.27. The zero-order valence-electron chi connectivity index (χ0n) is 12.4. The highest BCUT2D eigenvalue weighted by Crippen LogP contribution is 2.26. The molecule has 1 amide bonds. The molecule has 8 nitrogen and oxygen atoms in total. The van der Waals surface area contributed by atoms with Crippen LogP contribution in [0.2, 0.25) is 0 Å². The van der Waals surface area contributed by atoms with Crippen LogP contribution in [0.25, 0.3) is 0 Å². The van der Waals surface area contributed by atoms with E-state index in [4.69, 9.17) is 0 Å². The van der Waals surface area contributed by atoms with Gasteiger partial charge in [0.1, 0.15) is 5.56 Å². The van der Waals surface area contributed by atoms with Crippen molar-refractivity contribution < 1.29 is 14.6 Å². The lowest BCUT2D eigenvalue weighted by molar-refractivity contribution is -0.394. The first-order valence-electron chi connectivity index (χ1n) is 6.61. The van der Waals surface area contributed by atoms with Crippen LogP contribution in [0.15, 0.2) is 36.4 Å². The summed E-state index contributed by atoms with van der Waals surface area (Å²) < 4.78 is 0. The SMILES string of the molecule is Cc1ccc(C)c(NC(=O)c2ccc([N+](=O)[O-])cc2[N+](=O)[O-])c1. The van der Waals surface area contributed by atoms with Crippen molar-refractivity contribution >= 4 is 23.0 Å². The van der Waals surface area contributed by atoms with Crippen molar-refractivity contribution in [1.29, 1.82) is 0 Å². The molecule has 1 N–H and O–H groups in total. The largest absolute Gasteiger partial charge is 0.322 e. The maximum absolute atomic E-state index is 12.3. The van der Waals surface area contributed by atoms with Crippen LogP contribution in [0.3, 0.4) is 0 Å². The maximum atomic E-state index is 12.3. The molecule has 0 saturated heterocycles. The van der Waals surface area contributed by atoms with E-state index in [2.05, 4.69) is 5.32 Å². The zero-order chi connectivity index (χ0) is 17.1. The Morgan fingerprint density at radius 3 is 2.30 bits per heavy atom. The number of benzene rings is 2. The first kappa shape index (κ1) is 16.1. The summed E-state index contributed by atoms with van der Waals surface area (Å²) in [6.07, 6.45) is 0. The first-order valence-corrected chi connectivity index (χ1v) is 6.61. The molecule has 0 unspecified atom stereocenters. The van der Waals surface area contributed by atoms with Crippen molar-refractivity contribution in [1.82, 2.24) is 0 Å². The number of aryl methyl sites for hydroxylation is 2. The van der Waals surface area contributed by atoms with Crippen LogP contribution >= 0.6 is 0 Å². The number of nitrogens with zero attached hydrogens (tertiary/aromatic N) is 2. The molecule has 118 valence electrons. The fraction of sp³-hybridized carbons (Fsp3) is 0.133. The van der Waals surface area contributed by atoms with Gasteiger partial charge in [-0.05, 0) is 37.1 Å². The monoisotopic (exact) mass is 315 g/mol. The van der Waals surface area contributed by atoms with Gasteiger partial charge in [0, 0.05) is 11.8 Å². The van der Waals surface area contributed by atoms with E-state index in [0.29, 0.717) is 5.69 Å². The van der Waals surface area contributed by atoms with Gasteiger partial charge in [-0.25, -0.2) is 0 Å². The molecule has 0 saturated carbocycles. The van der Waals surface area contributed by atoms with Crippen LogP contribution in [-0.4, -0.2) is 15.8 Å². The van der Waals surface area contributed by atoms with Gasteiger partial charge in [0.25, 0.3) is 17.3 Å². The molecule has 0 radical (unpaired) electrons. The van der Waals surface area contributed by atoms with Crippen LogP contribution in [-0.2, 0) is 0 Å². The Bertz CT molecular complexity index is 817. The predicted octanol–water partition coefficient (Wildman–Crippen LogP) is 3.37. The Balaban J connectivity index is 2.41. The summed E-state index contributed by atoms with van der Waals surface area (Å²) in [6.45, 7) is 3.64. The van der Waals surface area contributed by atoms with Crippen molar-refractivity contribution in [2.45, 2.75) is 13.8 Å².